The molecule has 0 spiro atoms. The molecule has 2 rings (SSSR count). The normalized spacial score (nSPS) is 11.1. The largest absolute Gasteiger partial charge is 0.306 e. The van der Waals surface area contributed by atoms with Gasteiger partial charge in [0.1, 0.15) is 5.82 Å². The fourth-order valence-electron chi connectivity index (χ4n) is 1.70. The van der Waals surface area contributed by atoms with E-state index in [4.69, 9.17) is 23.2 Å². The van der Waals surface area contributed by atoms with Crippen LogP contribution in [0.2, 0.25) is 10.0 Å². The Kier molecular flexibility index (Phi) is 4.53. The smallest absolute Gasteiger partial charge is 0.264 e. The molecular formula is C13H11Cl2IN2O. The fourth-order valence-corrected chi connectivity index (χ4v) is 3.16. The molecule has 2 aromatic rings. The first-order valence-corrected chi connectivity index (χ1v) is 7.49. The van der Waals surface area contributed by atoms with Gasteiger partial charge in [-0.05, 0) is 40.6 Å². The second-order valence-electron chi connectivity index (χ2n) is 4.37. The predicted molar refractivity (Wildman–Crippen MR) is 87.1 cm³/mol. The molecule has 0 saturated carbocycles. The van der Waals surface area contributed by atoms with Crippen molar-refractivity contribution in [3.63, 3.8) is 0 Å². The molecule has 0 saturated heterocycles. The van der Waals surface area contributed by atoms with Crippen molar-refractivity contribution < 1.29 is 0 Å². The number of hydrogen-bond acceptors (Lipinski definition) is 2. The lowest BCUT2D eigenvalue weighted by molar-refractivity contribution is 0.802. The van der Waals surface area contributed by atoms with E-state index >= 15 is 0 Å². The number of nitrogens with zero attached hydrogens (tertiary/aromatic N) is 1. The summed E-state index contributed by atoms with van der Waals surface area (Å²) in [6.07, 6.45) is 0. The van der Waals surface area contributed by atoms with Crippen LogP contribution in [0.5, 0.6) is 0 Å². The van der Waals surface area contributed by atoms with Crippen molar-refractivity contribution in [3.05, 3.63) is 47.9 Å². The molecule has 0 fully saturated rings. The molecule has 19 heavy (non-hydrogen) atoms. The minimum atomic E-state index is -0.176. The van der Waals surface area contributed by atoms with Crippen LogP contribution in [0.15, 0.2) is 23.0 Å². The Morgan fingerprint density at radius 2 is 1.84 bits per heavy atom. The zero-order valence-electron chi connectivity index (χ0n) is 10.3. The topological polar surface area (TPSA) is 45.8 Å². The van der Waals surface area contributed by atoms with Crippen LogP contribution in [0.25, 0.3) is 11.4 Å². The second kappa shape index (κ2) is 5.81. The standard InChI is InChI=1S/C13H11Cl2IN2O/c1-6(2)11-10(16)13(19)18-12(17-11)9-7(14)4-3-5-8(9)15/h3-6H,1-2H3,(H,17,18,19). The molecule has 0 amide bonds. The third-order valence-electron chi connectivity index (χ3n) is 2.63. The summed E-state index contributed by atoms with van der Waals surface area (Å²) in [5.74, 6) is 0.555. The number of aromatic amines is 1. The van der Waals surface area contributed by atoms with Gasteiger partial charge in [-0.25, -0.2) is 4.98 Å². The maximum atomic E-state index is 12.0. The van der Waals surface area contributed by atoms with Gasteiger partial charge in [0.05, 0.1) is 24.9 Å². The second-order valence-corrected chi connectivity index (χ2v) is 6.26. The third-order valence-corrected chi connectivity index (χ3v) is 4.31. The molecule has 0 aliphatic rings. The number of nitrogens with one attached hydrogen (secondary N) is 1. The first-order chi connectivity index (χ1) is 8.91. The lowest BCUT2D eigenvalue weighted by Crippen LogP contribution is -2.17. The third kappa shape index (κ3) is 2.95. The summed E-state index contributed by atoms with van der Waals surface area (Å²) in [6, 6.07) is 5.19. The minimum absolute atomic E-state index is 0.147. The number of benzene rings is 1. The highest BCUT2D eigenvalue weighted by molar-refractivity contribution is 14.1. The summed E-state index contributed by atoms with van der Waals surface area (Å²) in [7, 11) is 0. The maximum Gasteiger partial charge on any atom is 0.264 e. The highest BCUT2D eigenvalue weighted by Gasteiger charge is 2.16. The van der Waals surface area contributed by atoms with Crippen LogP contribution in [0.1, 0.15) is 25.5 Å². The molecular weight excluding hydrogens is 398 g/mol. The monoisotopic (exact) mass is 408 g/mol. The molecule has 1 N–H and O–H groups in total. The van der Waals surface area contributed by atoms with Crippen LogP contribution < -0.4 is 5.56 Å². The van der Waals surface area contributed by atoms with Crippen molar-refractivity contribution in [2.24, 2.45) is 0 Å². The van der Waals surface area contributed by atoms with Gasteiger partial charge in [-0.15, -0.1) is 0 Å². The van der Waals surface area contributed by atoms with Gasteiger partial charge < -0.3 is 4.98 Å². The van der Waals surface area contributed by atoms with E-state index in [-0.39, 0.29) is 11.5 Å². The number of hydrogen-bond donors (Lipinski definition) is 1. The summed E-state index contributed by atoms with van der Waals surface area (Å²) in [5.41, 5.74) is 1.13. The van der Waals surface area contributed by atoms with Crippen molar-refractivity contribution in [2.75, 3.05) is 0 Å². The Balaban J connectivity index is 2.74. The minimum Gasteiger partial charge on any atom is -0.306 e. The Labute approximate surface area is 134 Å². The van der Waals surface area contributed by atoms with Crippen LogP contribution in [0.4, 0.5) is 0 Å². The molecule has 1 aromatic heterocycles. The maximum absolute atomic E-state index is 12.0. The quantitative estimate of drug-likeness (QED) is 0.745. The molecule has 0 atom stereocenters. The first kappa shape index (κ1) is 14.8. The average molecular weight is 409 g/mol. The molecule has 100 valence electrons. The molecule has 0 bridgehead atoms. The highest BCUT2D eigenvalue weighted by Crippen LogP contribution is 2.32. The van der Waals surface area contributed by atoms with Gasteiger partial charge in [-0.1, -0.05) is 43.1 Å². The molecule has 0 unspecified atom stereocenters. The Hall–Kier alpha value is -0.590. The van der Waals surface area contributed by atoms with E-state index in [1.54, 1.807) is 18.2 Å². The van der Waals surface area contributed by atoms with E-state index in [0.29, 0.717) is 25.0 Å². The van der Waals surface area contributed by atoms with Crippen molar-refractivity contribution in [2.45, 2.75) is 19.8 Å². The van der Waals surface area contributed by atoms with Gasteiger partial charge in [-0.2, -0.15) is 0 Å². The highest BCUT2D eigenvalue weighted by atomic mass is 127. The summed E-state index contributed by atoms with van der Waals surface area (Å²) in [4.78, 5) is 19.2. The summed E-state index contributed by atoms with van der Waals surface area (Å²) >= 11 is 14.3. The van der Waals surface area contributed by atoms with Crippen LogP contribution in [-0.4, -0.2) is 9.97 Å². The number of aromatic nitrogens is 2. The van der Waals surface area contributed by atoms with Gasteiger partial charge in [0.2, 0.25) is 0 Å². The van der Waals surface area contributed by atoms with Gasteiger partial charge in [-0.3, -0.25) is 4.79 Å². The number of rotatable bonds is 2. The van der Waals surface area contributed by atoms with Crippen molar-refractivity contribution in [1.29, 1.82) is 0 Å². The summed E-state index contributed by atoms with van der Waals surface area (Å²) in [6.45, 7) is 3.98. The zero-order valence-corrected chi connectivity index (χ0v) is 14.0. The van der Waals surface area contributed by atoms with E-state index in [2.05, 4.69) is 9.97 Å². The molecule has 1 heterocycles. The molecule has 0 aliphatic carbocycles. The first-order valence-electron chi connectivity index (χ1n) is 5.66. The van der Waals surface area contributed by atoms with Gasteiger partial charge in [0.25, 0.3) is 5.56 Å². The van der Waals surface area contributed by atoms with Gasteiger partial charge in [0.15, 0.2) is 0 Å². The van der Waals surface area contributed by atoms with Crippen molar-refractivity contribution >= 4 is 45.8 Å². The van der Waals surface area contributed by atoms with E-state index < -0.39 is 0 Å². The lowest BCUT2D eigenvalue weighted by Gasteiger charge is -2.11. The van der Waals surface area contributed by atoms with Crippen LogP contribution in [0.3, 0.4) is 0 Å². The molecule has 1 aromatic carbocycles. The van der Waals surface area contributed by atoms with Crippen LogP contribution in [-0.2, 0) is 0 Å². The summed E-state index contributed by atoms with van der Waals surface area (Å²) in [5, 5.41) is 0.929. The van der Waals surface area contributed by atoms with Crippen LogP contribution >= 0.6 is 45.8 Å². The Morgan fingerprint density at radius 1 is 1.26 bits per heavy atom. The predicted octanol–water partition coefficient (Wildman–Crippen LogP) is 4.47. The SMILES string of the molecule is CC(C)c1nc(-c2c(Cl)cccc2Cl)[nH]c(=O)c1I. The van der Waals surface area contributed by atoms with Gasteiger partial charge in [0, 0.05) is 0 Å². The molecule has 6 heteroatoms. The van der Waals surface area contributed by atoms with Gasteiger partial charge >= 0.3 is 0 Å². The Bertz CT molecular complexity index is 663. The van der Waals surface area contributed by atoms with Crippen LogP contribution in [0, 0.1) is 3.57 Å². The van der Waals surface area contributed by atoms with Crippen molar-refractivity contribution in [1.82, 2.24) is 9.97 Å². The molecule has 3 nitrogen and oxygen atoms in total. The van der Waals surface area contributed by atoms with Crippen molar-refractivity contribution in [3.8, 4) is 11.4 Å². The summed E-state index contributed by atoms with van der Waals surface area (Å²) < 4.78 is 0.597. The fraction of sp³-hybridized carbons (Fsp3) is 0.231. The Morgan fingerprint density at radius 3 is 2.37 bits per heavy atom. The van der Waals surface area contributed by atoms with E-state index in [0.717, 1.165) is 5.69 Å². The molecule has 0 radical (unpaired) electrons. The zero-order chi connectivity index (χ0) is 14.2. The number of halogens is 3. The number of H-pyrrole nitrogens is 1. The average Bonchev–Trinajstić information content (AvgIpc) is 2.32. The lowest BCUT2D eigenvalue weighted by atomic mass is 10.1. The van der Waals surface area contributed by atoms with E-state index in [9.17, 15) is 4.79 Å². The van der Waals surface area contributed by atoms with E-state index in [1.165, 1.54) is 0 Å². The molecule has 0 aliphatic heterocycles. The van der Waals surface area contributed by atoms with E-state index in [1.807, 2.05) is 36.4 Å².